The van der Waals surface area contributed by atoms with E-state index >= 15 is 0 Å². The third-order valence-corrected chi connectivity index (χ3v) is 11.8. The quantitative estimate of drug-likeness (QED) is 0.497. The normalized spacial score (nSPS) is 56.0. The number of rotatable bonds is 6. The van der Waals surface area contributed by atoms with Crippen LogP contribution in [-0.2, 0) is 9.47 Å². The van der Waals surface area contributed by atoms with Gasteiger partial charge in [0.25, 0.3) is 0 Å². The van der Waals surface area contributed by atoms with Crippen molar-refractivity contribution in [3.05, 3.63) is 0 Å². The predicted octanol–water partition coefficient (Wildman–Crippen LogP) is 6.48. The lowest BCUT2D eigenvalue weighted by Gasteiger charge is -2.31. The summed E-state index contributed by atoms with van der Waals surface area (Å²) in [6, 6.07) is 0. The van der Waals surface area contributed by atoms with E-state index in [2.05, 4.69) is 0 Å². The van der Waals surface area contributed by atoms with Gasteiger partial charge in [0.2, 0.25) is 0 Å². The average Bonchev–Trinajstić information content (AvgIpc) is 3.59. The van der Waals surface area contributed by atoms with Crippen molar-refractivity contribution in [3.63, 3.8) is 0 Å². The van der Waals surface area contributed by atoms with Gasteiger partial charge in [-0.1, -0.05) is 12.8 Å². The molecule has 7 aliphatic carbocycles. The molecule has 4 bridgehead atoms. The van der Waals surface area contributed by atoms with E-state index in [-0.39, 0.29) is 0 Å². The molecule has 2 nitrogen and oxygen atoms in total. The third-order valence-electron chi connectivity index (χ3n) is 11.8. The second-order valence-corrected chi connectivity index (χ2v) is 12.8. The van der Waals surface area contributed by atoms with Gasteiger partial charge in [-0.25, -0.2) is 0 Å². The van der Waals surface area contributed by atoms with Gasteiger partial charge in [-0.15, -0.1) is 0 Å². The van der Waals surface area contributed by atoms with Crippen molar-refractivity contribution in [1.82, 2.24) is 0 Å². The first-order valence-corrected chi connectivity index (χ1v) is 14.1. The zero-order valence-electron chi connectivity index (χ0n) is 19.1. The minimum absolute atomic E-state index is 0.652. The summed E-state index contributed by atoms with van der Waals surface area (Å²) >= 11 is 0. The molecule has 7 aliphatic rings. The molecule has 0 amide bonds. The Morgan fingerprint density at radius 1 is 0.367 bits per heavy atom. The third kappa shape index (κ3) is 3.01. The van der Waals surface area contributed by atoms with Crippen molar-refractivity contribution in [2.45, 2.75) is 102 Å². The van der Waals surface area contributed by atoms with Crippen LogP contribution in [0.5, 0.6) is 0 Å². The lowest BCUT2D eigenvalue weighted by atomic mass is 9.82. The summed E-state index contributed by atoms with van der Waals surface area (Å²) in [4.78, 5) is 0. The van der Waals surface area contributed by atoms with E-state index in [9.17, 15) is 0 Å². The van der Waals surface area contributed by atoms with Gasteiger partial charge in [0.05, 0.1) is 12.2 Å². The number of ether oxygens (including phenoxy) is 2. The van der Waals surface area contributed by atoms with Gasteiger partial charge in [0.15, 0.2) is 0 Å². The first-order valence-electron chi connectivity index (χ1n) is 14.1. The zero-order chi connectivity index (χ0) is 19.7. The molecular weight excluding hydrogens is 368 g/mol. The first kappa shape index (κ1) is 19.4. The molecule has 8 unspecified atom stereocenters. The van der Waals surface area contributed by atoms with Gasteiger partial charge in [-0.2, -0.15) is 0 Å². The molecule has 7 saturated carbocycles. The van der Waals surface area contributed by atoms with Gasteiger partial charge < -0.3 is 9.47 Å². The molecule has 0 aromatic carbocycles. The van der Waals surface area contributed by atoms with Crippen molar-refractivity contribution in [3.8, 4) is 0 Å². The Hall–Kier alpha value is -0.0800. The van der Waals surface area contributed by atoms with Crippen molar-refractivity contribution in [2.24, 2.45) is 59.2 Å². The lowest BCUT2D eigenvalue weighted by molar-refractivity contribution is -0.0311. The maximum absolute atomic E-state index is 6.69. The summed E-state index contributed by atoms with van der Waals surface area (Å²) in [6.07, 6.45) is 21.9. The highest BCUT2D eigenvalue weighted by Crippen LogP contribution is 2.61. The molecule has 30 heavy (non-hydrogen) atoms. The fourth-order valence-electron chi connectivity index (χ4n) is 10.6. The van der Waals surface area contributed by atoms with Crippen molar-refractivity contribution < 1.29 is 9.47 Å². The molecule has 0 aromatic rings. The van der Waals surface area contributed by atoms with Crippen LogP contribution in [0.2, 0.25) is 0 Å². The minimum Gasteiger partial charge on any atom is -0.377 e. The molecule has 0 radical (unpaired) electrons. The van der Waals surface area contributed by atoms with Crippen molar-refractivity contribution in [2.75, 3.05) is 13.2 Å². The van der Waals surface area contributed by atoms with Crippen LogP contribution in [0.15, 0.2) is 0 Å². The molecule has 168 valence electrons. The van der Waals surface area contributed by atoms with Gasteiger partial charge in [0.1, 0.15) is 0 Å². The molecule has 0 saturated heterocycles. The fraction of sp³-hybridized carbons (Fsp3) is 1.00. The highest BCUT2D eigenvalue weighted by atomic mass is 16.5. The molecule has 0 aromatic heterocycles. The van der Waals surface area contributed by atoms with E-state index in [0.29, 0.717) is 12.2 Å². The summed E-state index contributed by atoms with van der Waals surface area (Å²) in [6.45, 7) is 2.14. The van der Waals surface area contributed by atoms with E-state index in [4.69, 9.17) is 9.47 Å². The van der Waals surface area contributed by atoms with E-state index < -0.39 is 0 Å². The maximum atomic E-state index is 6.69. The monoisotopic (exact) mass is 412 g/mol. The summed E-state index contributed by atoms with van der Waals surface area (Å²) in [5.41, 5.74) is 0. The molecule has 0 heterocycles. The molecule has 0 aliphatic heterocycles. The standard InChI is InChI=1S/C28H44O2/c1-3-19-20(4-1)24-12-11-23(19)27(24)29-15-17-7-9-18(10-8-17)16-30-28-25-13-14-26(28)22-6-2-5-21(22)25/h17-28H,1-16H2. The van der Waals surface area contributed by atoms with E-state index in [1.165, 1.54) is 89.9 Å². The van der Waals surface area contributed by atoms with Crippen molar-refractivity contribution >= 4 is 0 Å². The number of hydrogen-bond donors (Lipinski definition) is 0. The topological polar surface area (TPSA) is 18.5 Å². The summed E-state index contributed by atoms with van der Waals surface area (Å²) in [5, 5.41) is 0. The minimum atomic E-state index is 0.652. The van der Waals surface area contributed by atoms with Crippen LogP contribution >= 0.6 is 0 Å². The molecular formula is C28H44O2. The van der Waals surface area contributed by atoms with E-state index in [0.717, 1.165) is 72.4 Å². The average molecular weight is 413 g/mol. The van der Waals surface area contributed by atoms with Gasteiger partial charge in [-0.3, -0.25) is 0 Å². The van der Waals surface area contributed by atoms with Gasteiger partial charge in [-0.05, 0) is 136 Å². The van der Waals surface area contributed by atoms with Crippen LogP contribution in [0.1, 0.15) is 89.9 Å². The van der Waals surface area contributed by atoms with E-state index in [1.54, 1.807) is 0 Å². The van der Waals surface area contributed by atoms with Gasteiger partial charge >= 0.3 is 0 Å². The highest BCUT2D eigenvalue weighted by molar-refractivity contribution is 5.06. The molecule has 7 fully saturated rings. The van der Waals surface area contributed by atoms with Crippen LogP contribution in [-0.4, -0.2) is 25.4 Å². The van der Waals surface area contributed by atoms with Crippen LogP contribution in [0, 0.1) is 59.2 Å². The zero-order valence-corrected chi connectivity index (χ0v) is 19.1. The Bertz CT molecular complexity index is 534. The van der Waals surface area contributed by atoms with E-state index in [1.807, 2.05) is 0 Å². The molecule has 8 atom stereocenters. The number of hydrogen-bond acceptors (Lipinski definition) is 2. The summed E-state index contributed by atoms with van der Waals surface area (Å²) in [5.74, 6) is 9.62. The molecule has 7 rings (SSSR count). The van der Waals surface area contributed by atoms with Crippen LogP contribution in [0.25, 0.3) is 0 Å². The predicted molar refractivity (Wildman–Crippen MR) is 119 cm³/mol. The Morgan fingerprint density at radius 3 is 1.03 bits per heavy atom. The smallest absolute Gasteiger partial charge is 0.0637 e. The SMILES string of the molecule is C1CC2C(C1)C1CCC2C1OCC1CCC(COC2C3CCC2C2CCCC23)CC1. The van der Waals surface area contributed by atoms with Crippen LogP contribution in [0.4, 0.5) is 0 Å². The Labute approximate surface area is 184 Å². The Kier molecular flexibility index (Phi) is 5.01. The van der Waals surface area contributed by atoms with Crippen LogP contribution < -0.4 is 0 Å². The first-order chi connectivity index (χ1) is 14.9. The van der Waals surface area contributed by atoms with Gasteiger partial charge in [0, 0.05) is 13.2 Å². The maximum Gasteiger partial charge on any atom is 0.0637 e. The summed E-state index contributed by atoms with van der Waals surface area (Å²) in [7, 11) is 0. The Morgan fingerprint density at radius 2 is 0.700 bits per heavy atom. The Balaban J connectivity index is 0.860. The summed E-state index contributed by atoms with van der Waals surface area (Å²) < 4.78 is 13.4. The fourth-order valence-corrected chi connectivity index (χ4v) is 10.6. The van der Waals surface area contributed by atoms with Crippen molar-refractivity contribution in [1.29, 1.82) is 0 Å². The largest absolute Gasteiger partial charge is 0.377 e. The highest BCUT2D eigenvalue weighted by Gasteiger charge is 2.57. The second kappa shape index (κ2) is 7.75. The molecule has 2 heteroatoms. The molecule has 0 spiro atoms. The molecule has 0 N–H and O–H groups in total. The lowest BCUT2D eigenvalue weighted by Crippen LogP contribution is -2.29. The second-order valence-electron chi connectivity index (χ2n) is 12.8. The number of fused-ring (bicyclic) bond motifs is 10. The van der Waals surface area contributed by atoms with Crippen LogP contribution in [0.3, 0.4) is 0 Å².